The van der Waals surface area contributed by atoms with Crippen molar-refractivity contribution in [1.29, 1.82) is 0 Å². The first-order valence-electron chi connectivity index (χ1n) is 11.0. The van der Waals surface area contributed by atoms with Crippen LogP contribution in [0, 0.1) is 6.92 Å². The highest BCUT2D eigenvalue weighted by Gasteiger charge is 2.04. The number of nitrogen functional groups attached to an aromatic ring is 1. The van der Waals surface area contributed by atoms with Crippen LogP contribution in [0.15, 0.2) is 109 Å². The van der Waals surface area contributed by atoms with E-state index >= 15 is 0 Å². The zero-order chi connectivity index (χ0) is 27.5. The Kier molecular flexibility index (Phi) is 15.9. The van der Waals surface area contributed by atoms with Crippen molar-refractivity contribution in [3.63, 3.8) is 0 Å². The first-order valence-corrected chi connectivity index (χ1v) is 12.4. The van der Waals surface area contributed by atoms with Gasteiger partial charge in [0, 0.05) is 22.5 Å². The van der Waals surface area contributed by atoms with Crippen LogP contribution in [-0.2, 0) is 0 Å². The van der Waals surface area contributed by atoms with Gasteiger partial charge >= 0.3 is 0 Å². The van der Waals surface area contributed by atoms with Crippen LogP contribution in [0.5, 0.6) is 5.75 Å². The van der Waals surface area contributed by atoms with Crippen molar-refractivity contribution >= 4 is 57.3 Å². The Bertz CT molecular complexity index is 1150. The fourth-order valence-electron chi connectivity index (χ4n) is 2.60. The van der Waals surface area contributed by atoms with Crippen molar-refractivity contribution in [3.05, 3.63) is 126 Å². The van der Waals surface area contributed by atoms with Gasteiger partial charge in [-0.25, -0.2) is 0 Å². The number of hydrogen-bond acceptors (Lipinski definition) is 4. The molecular weight excluding hydrogens is 531 g/mol. The number of benzene rings is 4. The van der Waals surface area contributed by atoms with E-state index in [4.69, 9.17) is 45.3 Å². The lowest BCUT2D eigenvalue weighted by Crippen LogP contribution is -2.11. The molecule has 0 aromatic heterocycles. The molecule has 0 heterocycles. The molecule has 0 aliphatic carbocycles. The van der Waals surface area contributed by atoms with E-state index in [9.17, 15) is 9.59 Å². The standard InChI is InChI=1S/C14H13NO2.C7H5ClO.C7H9N.CH2Cl2/c1-17-13-9-7-12(8-10-13)15-14(16)11-5-3-2-4-6-11;8-7(9)6-4-2-1-3-5-6;1-6-2-4-7(8)5-3-6;2-1-3/h2-10H,1H3,(H,15,16);1-5H;2-5H,8H2,1H3;1H2. The first kappa shape index (κ1) is 31.5. The van der Waals surface area contributed by atoms with Gasteiger partial charge in [0.2, 0.25) is 0 Å². The molecule has 0 aliphatic rings. The number of amides is 1. The maximum atomic E-state index is 11.8. The largest absolute Gasteiger partial charge is 0.497 e. The van der Waals surface area contributed by atoms with E-state index in [-0.39, 0.29) is 11.2 Å². The number of aryl methyl sites for hydroxylation is 1. The van der Waals surface area contributed by atoms with Gasteiger partial charge in [-0.05, 0) is 67.1 Å². The van der Waals surface area contributed by atoms with Crippen LogP contribution < -0.4 is 15.8 Å². The number of methoxy groups -OCH3 is 1. The van der Waals surface area contributed by atoms with Crippen molar-refractivity contribution in [2.45, 2.75) is 6.92 Å². The van der Waals surface area contributed by atoms with Crippen LogP contribution in [0.25, 0.3) is 0 Å². The predicted molar refractivity (Wildman–Crippen MR) is 156 cm³/mol. The van der Waals surface area contributed by atoms with E-state index in [2.05, 4.69) is 5.32 Å². The summed E-state index contributed by atoms with van der Waals surface area (Å²) in [6.07, 6.45) is 0. The predicted octanol–water partition coefficient (Wildman–Crippen LogP) is 8.01. The molecule has 194 valence electrons. The minimum Gasteiger partial charge on any atom is -0.497 e. The highest BCUT2D eigenvalue weighted by atomic mass is 35.5. The van der Waals surface area contributed by atoms with Crippen molar-refractivity contribution in [2.75, 3.05) is 23.5 Å². The van der Waals surface area contributed by atoms with Crippen LogP contribution in [0.4, 0.5) is 11.4 Å². The molecular formula is C29H29Cl3N2O3. The Morgan fingerprint density at radius 2 is 1.22 bits per heavy atom. The molecule has 0 saturated carbocycles. The van der Waals surface area contributed by atoms with E-state index in [1.165, 1.54) is 5.56 Å². The minimum atomic E-state index is -0.407. The summed E-state index contributed by atoms with van der Waals surface area (Å²) >= 11 is 14.7. The second kappa shape index (κ2) is 18.7. The van der Waals surface area contributed by atoms with E-state index < -0.39 is 5.24 Å². The second-order valence-corrected chi connectivity index (χ2v) is 8.35. The van der Waals surface area contributed by atoms with E-state index in [1.807, 2.05) is 55.5 Å². The molecule has 0 unspecified atom stereocenters. The smallest absolute Gasteiger partial charge is 0.255 e. The molecule has 4 aromatic rings. The summed E-state index contributed by atoms with van der Waals surface area (Å²) in [6, 6.07) is 32.9. The van der Waals surface area contributed by atoms with Gasteiger partial charge in [-0.15, -0.1) is 23.2 Å². The molecule has 3 N–H and O–H groups in total. The number of carbonyl (C=O) groups is 2. The van der Waals surface area contributed by atoms with Crippen LogP contribution in [0.3, 0.4) is 0 Å². The third-order valence-corrected chi connectivity index (χ3v) is 4.68. The molecule has 0 radical (unpaired) electrons. The zero-order valence-electron chi connectivity index (χ0n) is 20.5. The normalized spacial score (nSPS) is 9.11. The Labute approximate surface area is 233 Å². The van der Waals surface area contributed by atoms with Crippen molar-refractivity contribution in [1.82, 2.24) is 0 Å². The Morgan fingerprint density at radius 3 is 1.59 bits per heavy atom. The molecule has 8 heteroatoms. The van der Waals surface area contributed by atoms with Crippen LogP contribution >= 0.6 is 34.8 Å². The summed E-state index contributed by atoms with van der Waals surface area (Å²) < 4.78 is 5.05. The molecule has 4 rings (SSSR count). The summed E-state index contributed by atoms with van der Waals surface area (Å²) in [4.78, 5) is 22.2. The lowest BCUT2D eigenvalue weighted by Gasteiger charge is -2.06. The van der Waals surface area contributed by atoms with E-state index in [0.29, 0.717) is 11.1 Å². The van der Waals surface area contributed by atoms with Gasteiger partial charge in [-0.1, -0.05) is 66.2 Å². The molecule has 0 spiro atoms. The summed E-state index contributed by atoms with van der Waals surface area (Å²) in [6.45, 7) is 2.04. The minimum absolute atomic E-state index is 0.115. The fraction of sp³-hybridized carbons (Fsp3) is 0.103. The molecule has 37 heavy (non-hydrogen) atoms. The quantitative estimate of drug-likeness (QED) is 0.151. The van der Waals surface area contributed by atoms with Crippen LogP contribution in [-0.4, -0.2) is 23.6 Å². The molecule has 4 aromatic carbocycles. The number of ether oxygens (including phenoxy) is 1. The number of anilines is 2. The molecule has 0 bridgehead atoms. The van der Waals surface area contributed by atoms with Gasteiger partial charge in [-0.2, -0.15) is 0 Å². The molecule has 0 fully saturated rings. The highest BCUT2D eigenvalue weighted by molar-refractivity contribution is 6.67. The van der Waals surface area contributed by atoms with Crippen LogP contribution in [0.2, 0.25) is 0 Å². The third-order valence-electron chi connectivity index (χ3n) is 4.46. The lowest BCUT2D eigenvalue weighted by molar-refractivity contribution is 0.102. The van der Waals surface area contributed by atoms with Gasteiger partial charge in [-0.3, -0.25) is 9.59 Å². The summed E-state index contributed by atoms with van der Waals surface area (Å²) in [5.74, 6) is 0.651. The fourth-order valence-corrected chi connectivity index (χ4v) is 2.73. The summed E-state index contributed by atoms with van der Waals surface area (Å²) in [5.41, 5.74) is 9.44. The van der Waals surface area contributed by atoms with Gasteiger partial charge in [0.15, 0.2) is 0 Å². The summed E-state index contributed by atoms with van der Waals surface area (Å²) in [5, 5.41) is 2.60. The average Bonchev–Trinajstić information content (AvgIpc) is 2.93. The number of halogens is 3. The number of nitrogens with two attached hydrogens (primary N) is 1. The zero-order valence-corrected chi connectivity index (χ0v) is 22.8. The Hall–Kier alpha value is -3.51. The van der Waals surface area contributed by atoms with Crippen molar-refractivity contribution < 1.29 is 14.3 Å². The maximum absolute atomic E-state index is 11.8. The highest BCUT2D eigenvalue weighted by Crippen LogP contribution is 2.15. The number of rotatable bonds is 4. The van der Waals surface area contributed by atoms with Gasteiger partial charge in [0.1, 0.15) is 5.75 Å². The number of alkyl halides is 2. The number of carbonyl (C=O) groups excluding carboxylic acids is 2. The maximum Gasteiger partial charge on any atom is 0.255 e. The van der Waals surface area contributed by atoms with Crippen LogP contribution in [0.1, 0.15) is 26.3 Å². The number of hydrogen-bond donors (Lipinski definition) is 2. The molecule has 5 nitrogen and oxygen atoms in total. The Morgan fingerprint density at radius 1 is 0.757 bits per heavy atom. The number of nitrogens with one attached hydrogen (secondary N) is 1. The van der Waals surface area contributed by atoms with Gasteiger partial charge < -0.3 is 15.8 Å². The Balaban J connectivity index is 0.000000288. The lowest BCUT2D eigenvalue weighted by atomic mass is 10.2. The van der Waals surface area contributed by atoms with E-state index in [1.54, 1.807) is 67.8 Å². The SMILES string of the molecule is COc1ccc(NC(=O)c2ccccc2)cc1.Cc1ccc(N)cc1.ClCCl.O=C(Cl)c1ccccc1. The average molecular weight is 560 g/mol. The molecule has 1 amide bonds. The molecule has 0 aliphatic heterocycles. The third kappa shape index (κ3) is 14.0. The van der Waals surface area contributed by atoms with Crippen molar-refractivity contribution in [3.8, 4) is 5.75 Å². The molecule has 0 saturated heterocycles. The molecule has 0 atom stereocenters. The second-order valence-electron chi connectivity index (χ2n) is 7.20. The van der Waals surface area contributed by atoms with Gasteiger partial charge in [0.25, 0.3) is 11.1 Å². The topological polar surface area (TPSA) is 81.4 Å². The monoisotopic (exact) mass is 558 g/mol. The van der Waals surface area contributed by atoms with Gasteiger partial charge in [0.05, 0.1) is 12.4 Å². The first-order chi connectivity index (χ1) is 17.8. The summed E-state index contributed by atoms with van der Waals surface area (Å²) in [7, 11) is 1.61. The van der Waals surface area contributed by atoms with E-state index in [0.717, 1.165) is 17.1 Å². The van der Waals surface area contributed by atoms with Crippen molar-refractivity contribution in [2.24, 2.45) is 0 Å².